The Morgan fingerprint density at radius 1 is 1.33 bits per heavy atom. The van der Waals surface area contributed by atoms with E-state index in [9.17, 15) is 0 Å². The third-order valence-corrected chi connectivity index (χ3v) is 2.99. The van der Waals surface area contributed by atoms with E-state index in [0.717, 1.165) is 0 Å². The molecule has 1 rings (SSSR count). The Bertz CT molecular complexity index is 123. The van der Waals surface area contributed by atoms with Crippen LogP contribution in [-0.4, -0.2) is 4.83 Å². The topological polar surface area (TPSA) is 0 Å². The first-order valence-corrected chi connectivity index (χ1v) is 4.36. The van der Waals surface area contributed by atoms with Gasteiger partial charge in [-0.1, -0.05) is 28.8 Å². The van der Waals surface area contributed by atoms with Crippen molar-refractivity contribution in [2.75, 3.05) is 0 Å². The van der Waals surface area contributed by atoms with Crippen molar-refractivity contribution >= 4 is 15.9 Å². The predicted molar refractivity (Wildman–Crippen MR) is 43.5 cm³/mol. The van der Waals surface area contributed by atoms with E-state index in [1.165, 1.54) is 25.7 Å². The highest BCUT2D eigenvalue weighted by Gasteiger charge is 2.19. The molecule has 2 unspecified atom stereocenters. The molecule has 0 nitrogen and oxygen atoms in total. The Balaban J connectivity index is 2.41. The lowest BCUT2D eigenvalue weighted by atomic mass is 9.90. The molecule has 1 saturated carbocycles. The molecule has 0 spiro atoms. The minimum Gasteiger partial charge on any atom is -0.120 e. The highest BCUT2D eigenvalue weighted by molar-refractivity contribution is 9.09. The second-order valence-electron chi connectivity index (χ2n) is 2.57. The average molecular weight is 187 g/mol. The predicted octanol–water partition coefficient (Wildman–Crippen LogP) is 2.57. The fraction of sp³-hybridized carbons (Fsp3) is 0.750. The number of terminal acetylenes is 1. The number of alkyl halides is 1. The van der Waals surface area contributed by atoms with Crippen LogP contribution in [0.3, 0.4) is 0 Å². The monoisotopic (exact) mass is 186 g/mol. The largest absolute Gasteiger partial charge is 0.120 e. The maximum Gasteiger partial charge on any atom is 0.0325 e. The summed E-state index contributed by atoms with van der Waals surface area (Å²) in [6.45, 7) is 0. The smallest absolute Gasteiger partial charge is 0.0325 e. The second kappa shape index (κ2) is 3.27. The van der Waals surface area contributed by atoms with Crippen molar-refractivity contribution in [3.63, 3.8) is 0 Å². The van der Waals surface area contributed by atoms with Crippen LogP contribution in [0.5, 0.6) is 0 Å². The average Bonchev–Trinajstić information content (AvgIpc) is 1.89. The van der Waals surface area contributed by atoms with E-state index in [-0.39, 0.29) is 0 Å². The van der Waals surface area contributed by atoms with Gasteiger partial charge in [0, 0.05) is 10.7 Å². The Kier molecular flexibility index (Phi) is 2.60. The van der Waals surface area contributed by atoms with Gasteiger partial charge < -0.3 is 0 Å². The zero-order valence-electron chi connectivity index (χ0n) is 5.44. The Labute approximate surface area is 65.2 Å². The van der Waals surface area contributed by atoms with Crippen molar-refractivity contribution < 1.29 is 0 Å². The summed E-state index contributed by atoms with van der Waals surface area (Å²) >= 11 is 3.57. The number of halogens is 1. The van der Waals surface area contributed by atoms with E-state index in [4.69, 9.17) is 6.42 Å². The third-order valence-electron chi connectivity index (χ3n) is 1.90. The van der Waals surface area contributed by atoms with Crippen LogP contribution in [0.25, 0.3) is 0 Å². The van der Waals surface area contributed by atoms with E-state index < -0.39 is 0 Å². The van der Waals surface area contributed by atoms with Crippen molar-refractivity contribution in [3.05, 3.63) is 0 Å². The van der Waals surface area contributed by atoms with Gasteiger partial charge in [0.25, 0.3) is 0 Å². The molecular weight excluding hydrogens is 176 g/mol. The van der Waals surface area contributed by atoms with Gasteiger partial charge in [0.15, 0.2) is 0 Å². The lowest BCUT2D eigenvalue weighted by molar-refractivity contribution is 0.448. The summed E-state index contributed by atoms with van der Waals surface area (Å²) in [5.74, 6) is 3.31. The third kappa shape index (κ3) is 1.72. The van der Waals surface area contributed by atoms with Gasteiger partial charge in [-0.25, -0.2) is 0 Å². The van der Waals surface area contributed by atoms with E-state index in [0.29, 0.717) is 10.7 Å². The van der Waals surface area contributed by atoms with Crippen molar-refractivity contribution in [1.82, 2.24) is 0 Å². The van der Waals surface area contributed by atoms with Gasteiger partial charge in [0.05, 0.1) is 0 Å². The molecular formula is C8H11Br. The normalized spacial score (nSPS) is 35.6. The molecule has 1 fully saturated rings. The fourth-order valence-electron chi connectivity index (χ4n) is 1.27. The molecule has 2 atom stereocenters. The van der Waals surface area contributed by atoms with Gasteiger partial charge >= 0.3 is 0 Å². The van der Waals surface area contributed by atoms with Gasteiger partial charge in [0.2, 0.25) is 0 Å². The SMILES string of the molecule is C#CC1CCCCC1Br. The highest BCUT2D eigenvalue weighted by Crippen LogP contribution is 2.28. The number of hydrogen-bond acceptors (Lipinski definition) is 0. The molecule has 1 aliphatic rings. The molecule has 9 heavy (non-hydrogen) atoms. The maximum absolute atomic E-state index is 5.31. The van der Waals surface area contributed by atoms with E-state index in [1.54, 1.807) is 0 Å². The Morgan fingerprint density at radius 3 is 2.44 bits per heavy atom. The summed E-state index contributed by atoms with van der Waals surface area (Å²) in [6, 6.07) is 0. The molecule has 1 aliphatic carbocycles. The summed E-state index contributed by atoms with van der Waals surface area (Å²) in [5, 5.41) is 0. The first kappa shape index (κ1) is 7.15. The summed E-state index contributed by atoms with van der Waals surface area (Å²) in [7, 11) is 0. The van der Waals surface area contributed by atoms with Crippen molar-refractivity contribution in [2.24, 2.45) is 5.92 Å². The summed E-state index contributed by atoms with van der Waals surface area (Å²) in [6.07, 6.45) is 10.4. The zero-order chi connectivity index (χ0) is 6.69. The van der Waals surface area contributed by atoms with Gasteiger partial charge in [-0.05, 0) is 12.8 Å². The molecule has 0 aromatic rings. The molecule has 0 aliphatic heterocycles. The molecule has 0 amide bonds. The van der Waals surface area contributed by atoms with E-state index in [1.807, 2.05) is 0 Å². The first-order valence-electron chi connectivity index (χ1n) is 3.45. The lowest BCUT2D eigenvalue weighted by Gasteiger charge is -2.22. The van der Waals surface area contributed by atoms with E-state index >= 15 is 0 Å². The number of hydrogen-bond donors (Lipinski definition) is 0. The molecule has 0 aromatic heterocycles. The minimum atomic E-state index is 0.499. The van der Waals surface area contributed by atoms with E-state index in [2.05, 4.69) is 21.9 Å². The van der Waals surface area contributed by atoms with Crippen molar-refractivity contribution in [1.29, 1.82) is 0 Å². The van der Waals surface area contributed by atoms with Gasteiger partial charge in [-0.2, -0.15) is 0 Å². The number of rotatable bonds is 0. The quantitative estimate of drug-likeness (QED) is 0.404. The van der Waals surface area contributed by atoms with Crippen LogP contribution >= 0.6 is 15.9 Å². The summed E-state index contributed by atoms with van der Waals surface area (Å²) in [5.41, 5.74) is 0. The van der Waals surface area contributed by atoms with Crippen LogP contribution < -0.4 is 0 Å². The fourth-order valence-corrected chi connectivity index (χ4v) is 2.01. The van der Waals surface area contributed by atoms with Crippen LogP contribution in [0, 0.1) is 18.3 Å². The maximum atomic E-state index is 5.31. The van der Waals surface area contributed by atoms with Crippen LogP contribution in [-0.2, 0) is 0 Å². The molecule has 0 aromatic carbocycles. The lowest BCUT2D eigenvalue weighted by Crippen LogP contribution is -2.16. The van der Waals surface area contributed by atoms with Crippen molar-refractivity contribution in [2.45, 2.75) is 30.5 Å². The Hall–Kier alpha value is 0.0400. The van der Waals surface area contributed by atoms with Gasteiger partial charge in [-0.15, -0.1) is 12.3 Å². The second-order valence-corrected chi connectivity index (χ2v) is 3.75. The standard InChI is InChI=1S/C8H11Br/c1-2-7-5-3-4-6-8(7)9/h1,7-8H,3-6H2. The zero-order valence-corrected chi connectivity index (χ0v) is 7.02. The van der Waals surface area contributed by atoms with Crippen LogP contribution in [0.4, 0.5) is 0 Å². The van der Waals surface area contributed by atoms with Crippen molar-refractivity contribution in [3.8, 4) is 12.3 Å². The molecule has 1 heteroatoms. The van der Waals surface area contributed by atoms with Gasteiger partial charge in [0.1, 0.15) is 0 Å². The highest BCUT2D eigenvalue weighted by atomic mass is 79.9. The minimum absolute atomic E-state index is 0.499. The molecule has 0 saturated heterocycles. The molecule has 0 bridgehead atoms. The molecule has 0 N–H and O–H groups in total. The Morgan fingerprint density at radius 2 is 2.00 bits per heavy atom. The molecule has 50 valence electrons. The first-order chi connectivity index (χ1) is 4.34. The summed E-state index contributed by atoms with van der Waals surface area (Å²) < 4.78 is 0. The van der Waals surface area contributed by atoms with Gasteiger partial charge in [-0.3, -0.25) is 0 Å². The summed E-state index contributed by atoms with van der Waals surface area (Å²) in [4.78, 5) is 0.594. The molecule has 0 heterocycles. The molecule has 0 radical (unpaired) electrons. The van der Waals surface area contributed by atoms with Crippen LogP contribution in [0.15, 0.2) is 0 Å². The van der Waals surface area contributed by atoms with Crippen LogP contribution in [0.1, 0.15) is 25.7 Å². The van der Waals surface area contributed by atoms with Crippen LogP contribution in [0.2, 0.25) is 0 Å².